The molecule has 5 nitrogen and oxygen atoms in total. The summed E-state index contributed by atoms with van der Waals surface area (Å²) in [5.41, 5.74) is 1.76. The second-order valence-corrected chi connectivity index (χ2v) is 8.26. The van der Waals surface area contributed by atoms with Crippen molar-refractivity contribution < 1.29 is 14.3 Å². The summed E-state index contributed by atoms with van der Waals surface area (Å²) in [4.78, 5) is 18.5. The SMILES string of the molecule is CN=C1S/C(=C/c2cc(Cl)c(OCc3ccc(Br)cc3)c(OC)c2)C(=O)N1C. The van der Waals surface area contributed by atoms with E-state index in [0.29, 0.717) is 33.2 Å². The molecule has 0 aliphatic carbocycles. The second-order valence-electron chi connectivity index (χ2n) is 5.93. The predicted molar refractivity (Wildman–Crippen MR) is 118 cm³/mol. The first-order chi connectivity index (χ1) is 13.4. The number of amides is 1. The number of methoxy groups -OCH3 is 1. The first kappa shape index (κ1) is 20.8. The molecule has 0 aromatic heterocycles. The summed E-state index contributed by atoms with van der Waals surface area (Å²) < 4.78 is 12.4. The van der Waals surface area contributed by atoms with Gasteiger partial charge in [0.1, 0.15) is 6.61 Å². The summed E-state index contributed by atoms with van der Waals surface area (Å²) in [6.07, 6.45) is 1.77. The number of halogens is 2. The van der Waals surface area contributed by atoms with Crippen LogP contribution in [0.1, 0.15) is 11.1 Å². The minimum Gasteiger partial charge on any atom is -0.493 e. The third-order valence-electron chi connectivity index (χ3n) is 4.04. The van der Waals surface area contributed by atoms with Crippen molar-refractivity contribution in [1.82, 2.24) is 4.90 Å². The lowest BCUT2D eigenvalue weighted by molar-refractivity contribution is -0.121. The van der Waals surface area contributed by atoms with E-state index < -0.39 is 0 Å². The Hall–Kier alpha value is -1.96. The molecule has 0 atom stereocenters. The zero-order chi connectivity index (χ0) is 20.3. The molecule has 0 N–H and O–H groups in total. The van der Waals surface area contributed by atoms with Gasteiger partial charge in [-0.1, -0.05) is 39.7 Å². The molecule has 1 fully saturated rings. The molecule has 0 saturated carbocycles. The topological polar surface area (TPSA) is 51.1 Å². The van der Waals surface area contributed by atoms with Crippen LogP contribution in [0.25, 0.3) is 6.08 Å². The molecule has 0 radical (unpaired) electrons. The highest BCUT2D eigenvalue weighted by Crippen LogP contribution is 2.39. The first-order valence-electron chi connectivity index (χ1n) is 8.32. The minimum absolute atomic E-state index is 0.101. The number of aliphatic imine (C=N–C) groups is 1. The van der Waals surface area contributed by atoms with E-state index in [2.05, 4.69) is 20.9 Å². The third kappa shape index (κ3) is 4.54. The molecule has 0 spiro atoms. The van der Waals surface area contributed by atoms with Crippen LogP contribution in [0, 0.1) is 0 Å². The van der Waals surface area contributed by atoms with E-state index in [4.69, 9.17) is 21.1 Å². The van der Waals surface area contributed by atoms with E-state index in [1.807, 2.05) is 24.3 Å². The fourth-order valence-electron chi connectivity index (χ4n) is 2.60. The number of amidine groups is 1. The van der Waals surface area contributed by atoms with Gasteiger partial charge < -0.3 is 9.47 Å². The van der Waals surface area contributed by atoms with Crippen LogP contribution in [-0.4, -0.2) is 37.2 Å². The molecule has 146 valence electrons. The van der Waals surface area contributed by atoms with Crippen molar-refractivity contribution in [3.8, 4) is 11.5 Å². The van der Waals surface area contributed by atoms with E-state index in [0.717, 1.165) is 15.6 Å². The van der Waals surface area contributed by atoms with Crippen molar-refractivity contribution in [1.29, 1.82) is 0 Å². The highest BCUT2D eigenvalue weighted by molar-refractivity contribution is 9.10. The van der Waals surface area contributed by atoms with Crippen LogP contribution in [0.2, 0.25) is 5.02 Å². The van der Waals surface area contributed by atoms with Crippen molar-refractivity contribution in [2.24, 2.45) is 4.99 Å². The fourth-order valence-corrected chi connectivity index (χ4v) is 4.07. The van der Waals surface area contributed by atoms with E-state index in [9.17, 15) is 4.79 Å². The van der Waals surface area contributed by atoms with Crippen molar-refractivity contribution in [2.75, 3.05) is 21.2 Å². The van der Waals surface area contributed by atoms with Crippen molar-refractivity contribution in [2.45, 2.75) is 6.61 Å². The number of thioether (sulfide) groups is 1. The molecule has 1 heterocycles. The summed E-state index contributed by atoms with van der Waals surface area (Å²) >= 11 is 11.2. The van der Waals surface area contributed by atoms with Crippen molar-refractivity contribution >= 4 is 56.4 Å². The highest BCUT2D eigenvalue weighted by atomic mass is 79.9. The zero-order valence-electron chi connectivity index (χ0n) is 15.5. The maximum Gasteiger partial charge on any atom is 0.266 e. The highest BCUT2D eigenvalue weighted by Gasteiger charge is 2.29. The van der Waals surface area contributed by atoms with Crippen molar-refractivity contribution in [3.05, 3.63) is 61.9 Å². The van der Waals surface area contributed by atoms with Crippen LogP contribution >= 0.6 is 39.3 Å². The second kappa shape index (κ2) is 9.03. The summed E-state index contributed by atoms with van der Waals surface area (Å²) in [5, 5.41) is 1.07. The van der Waals surface area contributed by atoms with Gasteiger partial charge in [-0.25, -0.2) is 0 Å². The quantitative estimate of drug-likeness (QED) is 0.549. The zero-order valence-corrected chi connectivity index (χ0v) is 18.7. The van der Waals surface area contributed by atoms with Crippen LogP contribution < -0.4 is 9.47 Å². The number of ether oxygens (including phenoxy) is 2. The average Bonchev–Trinajstić information content (AvgIpc) is 2.96. The number of carbonyl (C=O) groups is 1. The smallest absolute Gasteiger partial charge is 0.266 e. The Morgan fingerprint density at radius 2 is 2.00 bits per heavy atom. The molecular formula is C20H18BrClN2O3S. The molecular weight excluding hydrogens is 464 g/mol. The van der Waals surface area contributed by atoms with Gasteiger partial charge in [-0.05, 0) is 53.2 Å². The Kier molecular flexibility index (Phi) is 6.69. The van der Waals surface area contributed by atoms with Gasteiger partial charge in [0.2, 0.25) is 0 Å². The molecule has 0 unspecified atom stereocenters. The Morgan fingerprint density at radius 3 is 2.61 bits per heavy atom. The van der Waals surface area contributed by atoms with E-state index in [-0.39, 0.29) is 5.91 Å². The Balaban J connectivity index is 1.84. The molecule has 28 heavy (non-hydrogen) atoms. The maximum atomic E-state index is 12.3. The molecule has 8 heteroatoms. The van der Waals surface area contributed by atoms with Gasteiger partial charge in [0.15, 0.2) is 16.7 Å². The monoisotopic (exact) mass is 480 g/mol. The fraction of sp³-hybridized carbons (Fsp3) is 0.200. The average molecular weight is 482 g/mol. The molecule has 0 bridgehead atoms. The van der Waals surface area contributed by atoms with E-state index in [1.165, 1.54) is 16.7 Å². The first-order valence-corrected chi connectivity index (χ1v) is 10.3. The summed E-state index contributed by atoms with van der Waals surface area (Å²) in [7, 11) is 4.91. The van der Waals surface area contributed by atoms with E-state index >= 15 is 0 Å². The lowest BCUT2D eigenvalue weighted by Crippen LogP contribution is -2.23. The maximum absolute atomic E-state index is 12.3. The van der Waals surface area contributed by atoms with Crippen LogP contribution in [0.15, 0.2) is 50.8 Å². The van der Waals surface area contributed by atoms with Gasteiger partial charge in [-0.3, -0.25) is 14.7 Å². The lowest BCUT2D eigenvalue weighted by Gasteiger charge is -2.13. The van der Waals surface area contributed by atoms with Gasteiger partial charge in [-0.15, -0.1) is 0 Å². The van der Waals surface area contributed by atoms with Crippen LogP contribution in [0.5, 0.6) is 11.5 Å². The largest absolute Gasteiger partial charge is 0.493 e. The van der Waals surface area contributed by atoms with Gasteiger partial charge in [-0.2, -0.15) is 0 Å². The number of carbonyl (C=O) groups excluding carboxylic acids is 1. The summed E-state index contributed by atoms with van der Waals surface area (Å²) in [6, 6.07) is 11.4. The summed E-state index contributed by atoms with van der Waals surface area (Å²) in [5.74, 6) is 0.869. The van der Waals surface area contributed by atoms with Gasteiger partial charge in [0.05, 0.1) is 17.0 Å². The normalized spacial score (nSPS) is 16.9. The number of benzene rings is 2. The molecule has 1 amide bonds. The van der Waals surface area contributed by atoms with Crippen LogP contribution in [-0.2, 0) is 11.4 Å². The van der Waals surface area contributed by atoms with Crippen LogP contribution in [0.4, 0.5) is 0 Å². The Labute approximate surface area is 181 Å². The number of likely N-dealkylation sites (N-methyl/N-ethyl adjacent to an activating group) is 1. The van der Waals surface area contributed by atoms with Crippen LogP contribution in [0.3, 0.4) is 0 Å². The van der Waals surface area contributed by atoms with Crippen molar-refractivity contribution in [3.63, 3.8) is 0 Å². The Bertz CT molecular complexity index is 961. The molecule has 2 aromatic carbocycles. The Morgan fingerprint density at radius 1 is 1.29 bits per heavy atom. The number of nitrogens with zero attached hydrogens (tertiary/aromatic N) is 2. The lowest BCUT2D eigenvalue weighted by atomic mass is 10.1. The standard InChI is InChI=1S/C20H18BrClN2O3S/c1-23-20-24(2)19(25)17(28-20)10-13-8-15(22)18(16(9-13)26-3)27-11-12-4-6-14(21)7-5-12/h4-10H,11H2,1-3H3/b17-10+,23-20?. The van der Waals surface area contributed by atoms with Gasteiger partial charge in [0.25, 0.3) is 5.91 Å². The van der Waals surface area contributed by atoms with E-state index in [1.54, 1.807) is 39.4 Å². The molecule has 1 aliphatic rings. The third-order valence-corrected chi connectivity index (χ3v) is 6.00. The molecule has 1 saturated heterocycles. The number of rotatable bonds is 5. The predicted octanol–water partition coefficient (Wildman–Crippen LogP) is 5.22. The van der Waals surface area contributed by atoms with Gasteiger partial charge >= 0.3 is 0 Å². The summed E-state index contributed by atoms with van der Waals surface area (Å²) in [6.45, 7) is 0.360. The molecule has 1 aliphatic heterocycles. The molecule has 3 rings (SSSR count). The molecule has 2 aromatic rings. The number of hydrogen-bond acceptors (Lipinski definition) is 5. The van der Waals surface area contributed by atoms with Gasteiger partial charge in [0, 0.05) is 18.6 Å². The minimum atomic E-state index is -0.101. The number of hydrogen-bond donors (Lipinski definition) is 0.